The summed E-state index contributed by atoms with van der Waals surface area (Å²) in [6.45, 7) is 7.23. The Balaban J connectivity index is 1.42. The zero-order valence-electron chi connectivity index (χ0n) is 24.1. The van der Waals surface area contributed by atoms with Crippen LogP contribution in [0.15, 0.2) is 54.6 Å². The molecule has 0 spiro atoms. The molecule has 1 aliphatic carbocycles. The van der Waals surface area contributed by atoms with Crippen LogP contribution in [0.5, 0.6) is 0 Å². The standard InChI is InChI=1S/C32H37N7O3/c1-20-11-13-22(14-12-20)18-39-27-26(24-10-6-7-21(2)17-24)33-29(30-36-32(40)42-37-30)34-28(27)35-31(39)38-15-16-41-19-25(38)23-8-4-3-5-9-23/h3-10,17,20,22,25,30,37H,11-16,18-19H2,1-2H3,(H,36,40)/t20?,22?,25-,30?/m0/s1. The van der Waals surface area contributed by atoms with E-state index in [2.05, 4.69) is 82.6 Å². The number of ether oxygens (including phenoxy) is 1. The van der Waals surface area contributed by atoms with Gasteiger partial charge in [0.15, 0.2) is 17.6 Å². The van der Waals surface area contributed by atoms with E-state index in [1.165, 1.54) is 31.2 Å². The molecule has 7 rings (SSSR count). The summed E-state index contributed by atoms with van der Waals surface area (Å²) in [5.41, 5.74) is 8.36. The molecule has 10 heteroatoms. The number of hydrogen-bond acceptors (Lipinski definition) is 8. The van der Waals surface area contributed by atoms with Gasteiger partial charge in [-0.2, -0.15) is 4.98 Å². The molecule has 2 aromatic heterocycles. The van der Waals surface area contributed by atoms with E-state index in [4.69, 9.17) is 24.5 Å². The number of imidazole rings is 1. The number of nitrogens with zero attached hydrogens (tertiary/aromatic N) is 5. The highest BCUT2D eigenvalue weighted by Gasteiger charge is 2.33. The van der Waals surface area contributed by atoms with Gasteiger partial charge in [-0.3, -0.25) is 5.32 Å². The summed E-state index contributed by atoms with van der Waals surface area (Å²) in [5.74, 6) is 2.62. The van der Waals surface area contributed by atoms with Crippen LogP contribution >= 0.6 is 0 Å². The number of benzene rings is 2. The zero-order valence-corrected chi connectivity index (χ0v) is 24.1. The number of anilines is 1. The predicted octanol–water partition coefficient (Wildman–Crippen LogP) is 5.45. The van der Waals surface area contributed by atoms with Gasteiger partial charge in [-0.25, -0.2) is 14.8 Å². The van der Waals surface area contributed by atoms with Gasteiger partial charge in [-0.05, 0) is 43.2 Å². The Morgan fingerprint density at radius 1 is 1.00 bits per heavy atom. The molecule has 2 saturated heterocycles. The van der Waals surface area contributed by atoms with E-state index < -0.39 is 12.3 Å². The highest BCUT2D eigenvalue weighted by molar-refractivity contribution is 5.90. The molecule has 2 aliphatic heterocycles. The maximum absolute atomic E-state index is 11.9. The van der Waals surface area contributed by atoms with E-state index in [0.29, 0.717) is 30.6 Å². The number of fused-ring (bicyclic) bond motifs is 1. The van der Waals surface area contributed by atoms with E-state index in [0.717, 1.165) is 47.3 Å². The van der Waals surface area contributed by atoms with Crippen molar-refractivity contribution < 1.29 is 14.4 Å². The lowest BCUT2D eigenvalue weighted by molar-refractivity contribution is 0.0927. The highest BCUT2D eigenvalue weighted by atomic mass is 16.7. The quantitative estimate of drug-likeness (QED) is 0.317. The molecule has 3 aliphatic rings. The van der Waals surface area contributed by atoms with Crippen molar-refractivity contribution in [3.8, 4) is 11.3 Å². The summed E-state index contributed by atoms with van der Waals surface area (Å²) < 4.78 is 8.37. The molecular weight excluding hydrogens is 530 g/mol. The topological polar surface area (TPSA) is 106 Å². The predicted molar refractivity (Wildman–Crippen MR) is 159 cm³/mol. The monoisotopic (exact) mass is 567 g/mol. The van der Waals surface area contributed by atoms with Crippen molar-refractivity contribution in [1.29, 1.82) is 0 Å². The van der Waals surface area contributed by atoms with Crippen molar-refractivity contribution in [3.05, 3.63) is 71.5 Å². The normalized spacial score (nSPS) is 24.5. The summed E-state index contributed by atoms with van der Waals surface area (Å²) in [6, 6.07) is 18.9. The van der Waals surface area contributed by atoms with E-state index in [1.807, 2.05) is 6.07 Å². The molecule has 1 amide bonds. The fourth-order valence-electron chi connectivity index (χ4n) is 6.53. The van der Waals surface area contributed by atoms with Gasteiger partial charge in [0, 0.05) is 18.7 Å². The van der Waals surface area contributed by atoms with Crippen LogP contribution < -0.4 is 15.7 Å². The average molecular weight is 568 g/mol. The van der Waals surface area contributed by atoms with Crippen LogP contribution in [0.1, 0.15) is 61.8 Å². The third kappa shape index (κ3) is 5.20. The summed E-state index contributed by atoms with van der Waals surface area (Å²) >= 11 is 0. The van der Waals surface area contributed by atoms with Crippen LogP contribution in [0.4, 0.5) is 10.7 Å². The van der Waals surface area contributed by atoms with Gasteiger partial charge in [0.05, 0.1) is 19.3 Å². The number of morpholine rings is 1. The Morgan fingerprint density at radius 2 is 1.83 bits per heavy atom. The minimum Gasteiger partial charge on any atom is -0.377 e. The van der Waals surface area contributed by atoms with Gasteiger partial charge in [-0.15, -0.1) is 5.48 Å². The number of rotatable bonds is 6. The van der Waals surface area contributed by atoms with Crippen molar-refractivity contribution in [3.63, 3.8) is 0 Å². The minimum atomic E-state index is -0.667. The third-order valence-electron chi connectivity index (χ3n) is 8.83. The average Bonchev–Trinajstić information content (AvgIpc) is 3.62. The van der Waals surface area contributed by atoms with Crippen LogP contribution in [0, 0.1) is 18.8 Å². The Morgan fingerprint density at radius 3 is 2.60 bits per heavy atom. The van der Waals surface area contributed by atoms with Crippen molar-refractivity contribution in [2.75, 3.05) is 24.7 Å². The minimum absolute atomic E-state index is 0.0286. The maximum atomic E-state index is 11.9. The molecule has 2 N–H and O–H groups in total. The molecule has 218 valence electrons. The van der Waals surface area contributed by atoms with Crippen LogP contribution in [0.25, 0.3) is 22.4 Å². The second-order valence-electron chi connectivity index (χ2n) is 11.9. The van der Waals surface area contributed by atoms with Gasteiger partial charge < -0.3 is 19.0 Å². The van der Waals surface area contributed by atoms with Gasteiger partial charge in [0.25, 0.3) is 0 Å². The van der Waals surface area contributed by atoms with Gasteiger partial charge in [0.2, 0.25) is 5.95 Å². The van der Waals surface area contributed by atoms with Crippen molar-refractivity contribution >= 4 is 23.2 Å². The van der Waals surface area contributed by atoms with Crippen LogP contribution in [-0.2, 0) is 16.1 Å². The molecule has 3 fully saturated rings. The van der Waals surface area contributed by atoms with Gasteiger partial charge in [-0.1, -0.05) is 73.9 Å². The number of aryl methyl sites for hydroxylation is 1. The molecule has 0 bridgehead atoms. The van der Waals surface area contributed by atoms with E-state index >= 15 is 0 Å². The molecule has 0 radical (unpaired) electrons. The number of aromatic nitrogens is 4. The number of carbonyl (C=O) groups excluding carboxylic acids is 1. The Bertz CT molecular complexity index is 1580. The smallest absolute Gasteiger partial charge is 0.377 e. The van der Waals surface area contributed by atoms with E-state index in [9.17, 15) is 4.79 Å². The van der Waals surface area contributed by atoms with Crippen LogP contribution in [-0.4, -0.2) is 45.4 Å². The Hall–Kier alpha value is -4.02. The number of hydrogen-bond donors (Lipinski definition) is 2. The first-order valence-electron chi connectivity index (χ1n) is 15.0. The van der Waals surface area contributed by atoms with E-state index in [1.54, 1.807) is 0 Å². The molecule has 10 nitrogen and oxygen atoms in total. The molecule has 42 heavy (non-hydrogen) atoms. The maximum Gasteiger partial charge on any atom is 0.427 e. The second kappa shape index (κ2) is 11.3. The first kappa shape index (κ1) is 26.9. The zero-order chi connectivity index (χ0) is 28.6. The molecule has 2 atom stereocenters. The number of carbonyl (C=O) groups is 1. The second-order valence-corrected chi connectivity index (χ2v) is 11.9. The van der Waals surface area contributed by atoms with Gasteiger partial charge in [0.1, 0.15) is 11.2 Å². The Labute approximate surface area is 245 Å². The summed E-state index contributed by atoms with van der Waals surface area (Å²) in [4.78, 5) is 34.5. The molecular formula is C32H37N7O3. The fourth-order valence-corrected chi connectivity index (χ4v) is 6.53. The highest BCUT2D eigenvalue weighted by Crippen LogP contribution is 2.38. The van der Waals surface area contributed by atoms with Gasteiger partial charge >= 0.3 is 6.09 Å². The lowest BCUT2D eigenvalue weighted by Crippen LogP contribution is -2.41. The van der Waals surface area contributed by atoms with Crippen molar-refractivity contribution in [1.82, 2.24) is 30.3 Å². The van der Waals surface area contributed by atoms with E-state index in [-0.39, 0.29) is 6.04 Å². The van der Waals surface area contributed by atoms with Crippen molar-refractivity contribution in [2.24, 2.45) is 11.8 Å². The first-order valence-corrected chi connectivity index (χ1v) is 15.0. The SMILES string of the molecule is Cc1cccc(-c2nc(C3NOC(=O)N3)nc3nc(N4CCOC[C@H]4c4ccccc4)n(CC4CCC(C)CC4)c23)c1. The fraction of sp³-hybridized carbons (Fsp3) is 0.438. The summed E-state index contributed by atoms with van der Waals surface area (Å²) in [5, 5.41) is 2.75. The molecule has 1 unspecified atom stereocenters. The summed E-state index contributed by atoms with van der Waals surface area (Å²) in [7, 11) is 0. The Kier molecular flexibility index (Phi) is 7.25. The lowest BCUT2D eigenvalue weighted by atomic mass is 9.83. The van der Waals surface area contributed by atoms with Crippen molar-refractivity contribution in [2.45, 2.75) is 58.3 Å². The number of amides is 1. The lowest BCUT2D eigenvalue weighted by Gasteiger charge is -2.37. The molecule has 1 saturated carbocycles. The van der Waals surface area contributed by atoms with Crippen LogP contribution in [0.3, 0.4) is 0 Å². The third-order valence-corrected chi connectivity index (χ3v) is 8.83. The molecule has 4 heterocycles. The summed E-state index contributed by atoms with van der Waals surface area (Å²) in [6.07, 6.45) is 3.65. The molecule has 4 aromatic rings. The molecule has 2 aromatic carbocycles. The van der Waals surface area contributed by atoms with Crippen LogP contribution in [0.2, 0.25) is 0 Å². The number of hydroxylamine groups is 1. The number of nitrogens with one attached hydrogen (secondary N) is 2. The first-order chi connectivity index (χ1) is 20.5. The largest absolute Gasteiger partial charge is 0.427 e.